The largest absolute Gasteiger partial charge is 0.496 e. The molecule has 6 rings (SSSR count). The zero-order chi connectivity index (χ0) is 34.7. The molecule has 0 aliphatic carbocycles. The normalized spacial score (nSPS) is 15.6. The summed E-state index contributed by atoms with van der Waals surface area (Å²) in [5.74, 6) is 0.434. The average molecular weight is 707 g/mol. The third kappa shape index (κ3) is 7.28. The lowest BCUT2D eigenvalue weighted by Crippen LogP contribution is -2.38. The summed E-state index contributed by atoms with van der Waals surface area (Å²) in [6, 6.07) is 13.0. The van der Waals surface area contributed by atoms with Crippen molar-refractivity contribution in [3.05, 3.63) is 81.5 Å². The number of nitrogens with zero attached hydrogens (tertiary/aromatic N) is 4. The van der Waals surface area contributed by atoms with Crippen LogP contribution in [-0.2, 0) is 40.9 Å². The number of hydrogen-bond donors (Lipinski definition) is 3. The summed E-state index contributed by atoms with van der Waals surface area (Å²) in [6.45, 7) is 2.07. The number of amides is 3. The van der Waals surface area contributed by atoms with Crippen molar-refractivity contribution in [1.82, 2.24) is 30.1 Å². The first-order chi connectivity index (χ1) is 23.7. The van der Waals surface area contributed by atoms with E-state index in [-0.39, 0.29) is 30.3 Å². The van der Waals surface area contributed by atoms with E-state index in [1.54, 1.807) is 48.0 Å². The van der Waals surface area contributed by atoms with E-state index >= 15 is 0 Å². The Kier molecular flexibility index (Phi) is 10.5. The fourth-order valence-corrected chi connectivity index (χ4v) is 6.87. The number of hydrogen-bond acceptors (Lipinski definition) is 8. The predicted molar refractivity (Wildman–Crippen MR) is 187 cm³/mol. The lowest BCUT2D eigenvalue weighted by molar-refractivity contribution is -0.136. The van der Waals surface area contributed by atoms with Crippen LogP contribution in [0, 0.1) is 0 Å². The number of nitrogens with one attached hydrogen (secondary N) is 3. The number of ether oxygens (including phenoxy) is 2. The molecule has 1 atom stereocenters. The molecule has 2 aromatic heterocycles. The van der Waals surface area contributed by atoms with E-state index in [1.165, 1.54) is 7.11 Å². The monoisotopic (exact) mass is 705 g/mol. The van der Waals surface area contributed by atoms with Gasteiger partial charge in [-0.2, -0.15) is 0 Å². The second-order valence-electron chi connectivity index (χ2n) is 12.0. The molecule has 2 aliphatic rings. The van der Waals surface area contributed by atoms with Crippen LogP contribution in [0.25, 0.3) is 22.4 Å². The van der Waals surface area contributed by atoms with Crippen molar-refractivity contribution >= 4 is 46.6 Å². The van der Waals surface area contributed by atoms with E-state index in [2.05, 4.69) is 25.9 Å². The van der Waals surface area contributed by atoms with Crippen molar-refractivity contribution < 1.29 is 23.9 Å². The summed E-state index contributed by atoms with van der Waals surface area (Å²) in [4.78, 5) is 48.2. The summed E-state index contributed by atoms with van der Waals surface area (Å²) in [6.07, 6.45) is 3.63. The molecular formula is C35H37Cl2N7O5. The smallest absolute Gasteiger partial charge is 0.291 e. The number of methoxy groups -OCH3 is 2. The summed E-state index contributed by atoms with van der Waals surface area (Å²) in [5, 5.41) is 9.97. The Morgan fingerprint density at radius 3 is 2.65 bits per heavy atom. The molecule has 0 radical (unpaired) electrons. The third-order valence-electron chi connectivity index (χ3n) is 8.86. The lowest BCUT2D eigenvalue weighted by atomic mass is 10.0. The SMILES string of the molecule is COCC(=O)N1CCc2c(nc(C(=O)Nc3cccc(-c4ccnc(-c5ccc(CNCC6CCC(=O)N6)c(OC)c5)c4Cl)c3Cl)n2C)C1. The fourth-order valence-electron chi connectivity index (χ4n) is 6.28. The molecule has 0 bridgehead atoms. The minimum atomic E-state index is -0.429. The number of halogens is 2. The second-order valence-corrected chi connectivity index (χ2v) is 12.7. The average Bonchev–Trinajstić information content (AvgIpc) is 3.67. The molecule has 3 N–H and O–H groups in total. The molecule has 0 spiro atoms. The first kappa shape index (κ1) is 34.4. The number of pyridine rings is 1. The molecule has 0 saturated carbocycles. The van der Waals surface area contributed by atoms with E-state index in [9.17, 15) is 14.4 Å². The lowest BCUT2D eigenvalue weighted by Gasteiger charge is -2.26. The van der Waals surface area contributed by atoms with Gasteiger partial charge in [-0.15, -0.1) is 0 Å². The fraction of sp³-hybridized carbons (Fsp3) is 0.343. The van der Waals surface area contributed by atoms with E-state index in [0.29, 0.717) is 83.0 Å². The van der Waals surface area contributed by atoms with Crippen molar-refractivity contribution in [3.8, 4) is 28.1 Å². The minimum Gasteiger partial charge on any atom is -0.496 e. The highest BCUT2D eigenvalue weighted by molar-refractivity contribution is 6.39. The maximum atomic E-state index is 13.5. The number of carbonyl (C=O) groups excluding carboxylic acids is 3. The van der Waals surface area contributed by atoms with Crippen molar-refractivity contribution in [2.45, 2.75) is 38.4 Å². The van der Waals surface area contributed by atoms with Gasteiger partial charge in [-0.1, -0.05) is 47.5 Å². The van der Waals surface area contributed by atoms with E-state index in [1.807, 2.05) is 24.3 Å². The third-order valence-corrected chi connectivity index (χ3v) is 9.65. The summed E-state index contributed by atoms with van der Waals surface area (Å²) in [7, 11) is 4.89. The van der Waals surface area contributed by atoms with Gasteiger partial charge in [-0.25, -0.2) is 4.98 Å². The van der Waals surface area contributed by atoms with Gasteiger partial charge in [0.2, 0.25) is 11.8 Å². The molecule has 4 heterocycles. The summed E-state index contributed by atoms with van der Waals surface area (Å²) >= 11 is 13.9. The van der Waals surface area contributed by atoms with E-state index in [4.69, 9.17) is 32.7 Å². The van der Waals surface area contributed by atoms with E-state index in [0.717, 1.165) is 23.2 Å². The summed E-state index contributed by atoms with van der Waals surface area (Å²) in [5.41, 5.74) is 5.51. The Balaban J connectivity index is 1.20. The van der Waals surface area contributed by atoms with Crippen LogP contribution >= 0.6 is 23.2 Å². The maximum Gasteiger partial charge on any atom is 0.291 e. The molecule has 256 valence electrons. The first-order valence-corrected chi connectivity index (χ1v) is 16.7. The van der Waals surface area contributed by atoms with Gasteiger partial charge in [0.15, 0.2) is 5.82 Å². The van der Waals surface area contributed by atoms with Crippen LogP contribution in [0.2, 0.25) is 10.0 Å². The zero-order valence-corrected chi connectivity index (χ0v) is 29.0. The molecule has 2 aromatic carbocycles. The standard InChI is InChI=1S/C35H37Cl2N7O5/c1-43-27-12-14-44(30(46)19-48-2)18-26(27)41-34(43)35(47)42-25-6-4-5-23(31(25)36)24-11-13-39-33(32(24)37)20-7-8-21(28(15-20)49-3)16-38-17-22-9-10-29(45)40-22/h4-8,11,13,15,22,38H,9-10,12,14,16-19H2,1-3H3,(H,40,45)(H,42,47). The van der Waals surface area contributed by atoms with Crippen molar-refractivity contribution in [1.29, 1.82) is 0 Å². The van der Waals surface area contributed by atoms with Crippen LogP contribution in [-0.4, -0.2) is 77.1 Å². The Bertz CT molecular complexity index is 1910. The molecule has 3 amide bonds. The molecule has 1 fully saturated rings. The van der Waals surface area contributed by atoms with Gasteiger partial charge < -0.3 is 34.9 Å². The highest BCUT2D eigenvalue weighted by atomic mass is 35.5. The Labute approximate surface area is 294 Å². The molecule has 1 unspecified atom stereocenters. The quantitative estimate of drug-likeness (QED) is 0.206. The number of benzene rings is 2. The van der Waals surface area contributed by atoms with Crippen LogP contribution in [0.3, 0.4) is 0 Å². The van der Waals surface area contributed by atoms with Crippen molar-refractivity contribution in [3.63, 3.8) is 0 Å². The van der Waals surface area contributed by atoms with Crippen molar-refractivity contribution in [2.75, 3.05) is 39.2 Å². The Morgan fingerprint density at radius 1 is 1.08 bits per heavy atom. The first-order valence-electron chi connectivity index (χ1n) is 15.9. The zero-order valence-electron chi connectivity index (χ0n) is 27.4. The van der Waals surface area contributed by atoms with Gasteiger partial charge in [0.25, 0.3) is 5.91 Å². The van der Waals surface area contributed by atoms with E-state index < -0.39 is 5.91 Å². The number of fused-ring (bicyclic) bond motifs is 1. The number of imidazole rings is 1. The van der Waals surface area contributed by atoms with Gasteiger partial charge in [-0.3, -0.25) is 19.4 Å². The number of rotatable bonds is 11. The molecule has 2 aliphatic heterocycles. The molecule has 4 aromatic rings. The topological polar surface area (TPSA) is 140 Å². The van der Waals surface area contributed by atoms with Gasteiger partial charge in [0.05, 0.1) is 40.8 Å². The molecular weight excluding hydrogens is 669 g/mol. The van der Waals surface area contributed by atoms with Crippen LogP contribution in [0.5, 0.6) is 5.75 Å². The number of anilines is 1. The van der Waals surface area contributed by atoms with Crippen LogP contribution < -0.4 is 20.7 Å². The van der Waals surface area contributed by atoms with Crippen LogP contribution in [0.4, 0.5) is 5.69 Å². The molecule has 12 nitrogen and oxygen atoms in total. The van der Waals surface area contributed by atoms with Gasteiger partial charge in [0, 0.05) is 86.8 Å². The number of carbonyl (C=O) groups is 3. The van der Waals surface area contributed by atoms with Crippen molar-refractivity contribution in [2.24, 2.45) is 7.05 Å². The maximum absolute atomic E-state index is 13.5. The minimum absolute atomic E-state index is 0.00435. The summed E-state index contributed by atoms with van der Waals surface area (Å²) < 4.78 is 12.4. The van der Waals surface area contributed by atoms with Crippen LogP contribution in [0.1, 0.15) is 40.4 Å². The van der Waals surface area contributed by atoms with Crippen LogP contribution in [0.15, 0.2) is 48.7 Å². The second kappa shape index (κ2) is 15.0. The highest BCUT2D eigenvalue weighted by Crippen LogP contribution is 2.41. The van der Waals surface area contributed by atoms with Gasteiger partial charge in [0.1, 0.15) is 12.4 Å². The highest BCUT2D eigenvalue weighted by Gasteiger charge is 2.28. The molecule has 1 saturated heterocycles. The predicted octanol–water partition coefficient (Wildman–Crippen LogP) is 4.62. The van der Waals surface area contributed by atoms with Gasteiger partial charge >= 0.3 is 0 Å². The van der Waals surface area contributed by atoms with Gasteiger partial charge in [-0.05, 0) is 24.6 Å². The Hall–Kier alpha value is -4.49. The number of aromatic nitrogens is 3. The Morgan fingerprint density at radius 2 is 1.90 bits per heavy atom. The molecule has 49 heavy (non-hydrogen) atoms. The molecule has 14 heteroatoms.